The number of aliphatic hydroxyl groups excluding tert-OH is 1. The lowest BCUT2D eigenvalue weighted by molar-refractivity contribution is 0.0491. The number of hydrogen-bond donors (Lipinski definition) is 3. The van der Waals surface area contributed by atoms with Gasteiger partial charge in [-0.15, -0.1) is 0 Å². The Bertz CT molecular complexity index is 224. The Morgan fingerprint density at radius 2 is 1.81 bits per heavy atom. The van der Waals surface area contributed by atoms with Crippen molar-refractivity contribution in [2.24, 2.45) is 5.92 Å². The van der Waals surface area contributed by atoms with Gasteiger partial charge in [0, 0.05) is 5.54 Å². The molecule has 5 heteroatoms. The Morgan fingerprint density at radius 1 is 1.31 bits per heavy atom. The SMILES string of the molecule is COC(=O)N[C@@H](C(C)C)C(O)NC(C)(C)C. The van der Waals surface area contributed by atoms with Gasteiger partial charge >= 0.3 is 6.09 Å². The van der Waals surface area contributed by atoms with Crippen LogP contribution in [0.15, 0.2) is 0 Å². The fourth-order valence-electron chi connectivity index (χ4n) is 1.34. The van der Waals surface area contributed by atoms with E-state index in [4.69, 9.17) is 0 Å². The summed E-state index contributed by atoms with van der Waals surface area (Å²) in [5.41, 5.74) is -0.218. The second-order valence-electron chi connectivity index (χ2n) is 5.24. The van der Waals surface area contributed by atoms with E-state index in [1.54, 1.807) is 0 Å². The zero-order valence-corrected chi connectivity index (χ0v) is 11.0. The average molecular weight is 232 g/mol. The van der Waals surface area contributed by atoms with Gasteiger partial charge in [0.15, 0.2) is 0 Å². The van der Waals surface area contributed by atoms with Gasteiger partial charge in [-0.1, -0.05) is 13.8 Å². The van der Waals surface area contributed by atoms with Crippen molar-refractivity contribution in [3.05, 3.63) is 0 Å². The molecular formula is C11H24N2O3. The van der Waals surface area contributed by atoms with E-state index in [-0.39, 0.29) is 17.5 Å². The molecule has 0 saturated carbocycles. The van der Waals surface area contributed by atoms with Crippen LogP contribution in [0.2, 0.25) is 0 Å². The molecule has 1 amide bonds. The third-order valence-corrected chi connectivity index (χ3v) is 2.11. The molecule has 0 rings (SSSR count). The summed E-state index contributed by atoms with van der Waals surface area (Å²) < 4.78 is 4.52. The van der Waals surface area contributed by atoms with Crippen LogP contribution in [0, 0.1) is 5.92 Å². The molecule has 0 aromatic heterocycles. The number of alkyl carbamates (subject to hydrolysis) is 1. The summed E-state index contributed by atoms with van der Waals surface area (Å²) in [5.74, 6) is 0.101. The largest absolute Gasteiger partial charge is 0.453 e. The lowest BCUT2D eigenvalue weighted by atomic mass is 10.0. The molecule has 2 atom stereocenters. The van der Waals surface area contributed by atoms with E-state index in [1.807, 2.05) is 34.6 Å². The summed E-state index contributed by atoms with van der Waals surface area (Å²) in [6.07, 6.45) is -1.34. The van der Waals surface area contributed by atoms with Crippen molar-refractivity contribution in [3.63, 3.8) is 0 Å². The molecule has 0 aliphatic rings. The quantitative estimate of drug-likeness (QED) is 0.634. The molecule has 0 fully saturated rings. The Balaban J connectivity index is 4.47. The van der Waals surface area contributed by atoms with Crippen LogP contribution in [0.5, 0.6) is 0 Å². The highest BCUT2D eigenvalue weighted by Gasteiger charge is 2.27. The highest BCUT2D eigenvalue weighted by Crippen LogP contribution is 2.09. The molecule has 0 heterocycles. The molecule has 3 N–H and O–H groups in total. The minimum absolute atomic E-state index is 0.101. The van der Waals surface area contributed by atoms with Crippen LogP contribution in [0.1, 0.15) is 34.6 Å². The maximum absolute atomic E-state index is 11.1. The number of nitrogens with one attached hydrogen (secondary N) is 2. The van der Waals surface area contributed by atoms with Crippen LogP contribution in [0.25, 0.3) is 0 Å². The Labute approximate surface area is 97.6 Å². The number of carbonyl (C=O) groups excluding carboxylic acids is 1. The molecule has 0 radical (unpaired) electrons. The highest BCUT2D eigenvalue weighted by atomic mass is 16.5. The maximum atomic E-state index is 11.1. The van der Waals surface area contributed by atoms with Crippen LogP contribution < -0.4 is 10.6 Å². The topological polar surface area (TPSA) is 70.6 Å². The number of rotatable bonds is 4. The summed E-state index contributed by atoms with van der Waals surface area (Å²) in [6, 6.07) is -0.383. The predicted molar refractivity (Wildman–Crippen MR) is 63.1 cm³/mol. The molecule has 0 spiro atoms. The standard InChI is InChI=1S/C11H24N2O3/c1-7(2)8(12-10(15)16-6)9(14)13-11(3,4)5/h7-9,13-14H,1-6H3,(H,12,15)/t8-,9?/m0/s1. The summed E-state index contributed by atoms with van der Waals surface area (Å²) in [6.45, 7) is 9.70. The second-order valence-corrected chi connectivity index (χ2v) is 5.24. The third kappa shape index (κ3) is 5.92. The van der Waals surface area contributed by atoms with Gasteiger partial charge in [0.1, 0.15) is 6.23 Å². The van der Waals surface area contributed by atoms with Gasteiger partial charge in [0.2, 0.25) is 0 Å². The Kier molecular flexibility index (Phi) is 5.75. The highest BCUT2D eigenvalue weighted by molar-refractivity contribution is 5.67. The molecule has 0 aliphatic heterocycles. The van der Waals surface area contributed by atoms with Gasteiger partial charge in [-0.25, -0.2) is 4.79 Å². The molecule has 16 heavy (non-hydrogen) atoms. The summed E-state index contributed by atoms with van der Waals surface area (Å²) >= 11 is 0. The van der Waals surface area contributed by atoms with Gasteiger partial charge in [-0.05, 0) is 26.7 Å². The zero-order chi connectivity index (χ0) is 12.9. The zero-order valence-electron chi connectivity index (χ0n) is 11.0. The van der Waals surface area contributed by atoms with Crippen LogP contribution in [0.3, 0.4) is 0 Å². The maximum Gasteiger partial charge on any atom is 0.407 e. The first kappa shape index (κ1) is 15.2. The molecule has 0 saturated heterocycles. The number of aliphatic hydroxyl groups is 1. The summed E-state index contributed by atoms with van der Waals surface area (Å²) in [7, 11) is 1.30. The van der Waals surface area contributed by atoms with Crippen LogP contribution in [-0.4, -0.2) is 36.1 Å². The van der Waals surface area contributed by atoms with Crippen molar-refractivity contribution in [2.45, 2.75) is 52.4 Å². The monoisotopic (exact) mass is 232 g/mol. The normalized spacial score (nSPS) is 15.8. The minimum Gasteiger partial charge on any atom is -0.453 e. The number of methoxy groups -OCH3 is 1. The molecule has 0 bridgehead atoms. The summed E-state index contributed by atoms with van der Waals surface area (Å²) in [4.78, 5) is 11.1. The first-order valence-corrected chi connectivity index (χ1v) is 5.47. The van der Waals surface area contributed by atoms with E-state index >= 15 is 0 Å². The lowest BCUT2D eigenvalue weighted by Gasteiger charge is -2.32. The molecule has 0 aromatic carbocycles. The van der Waals surface area contributed by atoms with Gasteiger partial charge in [-0.3, -0.25) is 5.32 Å². The van der Waals surface area contributed by atoms with E-state index in [9.17, 15) is 9.90 Å². The second kappa shape index (κ2) is 6.06. The molecular weight excluding hydrogens is 208 g/mol. The predicted octanol–water partition coefficient (Wildman–Crippen LogP) is 1.07. The fourth-order valence-corrected chi connectivity index (χ4v) is 1.34. The molecule has 1 unspecified atom stereocenters. The van der Waals surface area contributed by atoms with Crippen molar-refractivity contribution < 1.29 is 14.6 Å². The number of carbonyl (C=O) groups is 1. The third-order valence-electron chi connectivity index (χ3n) is 2.11. The average Bonchev–Trinajstić information content (AvgIpc) is 2.09. The van der Waals surface area contributed by atoms with Crippen molar-refractivity contribution >= 4 is 6.09 Å². The molecule has 0 aromatic rings. The Morgan fingerprint density at radius 3 is 2.12 bits per heavy atom. The van der Waals surface area contributed by atoms with E-state index in [0.717, 1.165) is 0 Å². The van der Waals surface area contributed by atoms with E-state index < -0.39 is 12.3 Å². The smallest absolute Gasteiger partial charge is 0.407 e. The van der Waals surface area contributed by atoms with Gasteiger partial charge in [-0.2, -0.15) is 0 Å². The number of hydrogen-bond acceptors (Lipinski definition) is 4. The Hall–Kier alpha value is -0.810. The first-order chi connectivity index (χ1) is 7.17. The van der Waals surface area contributed by atoms with Gasteiger partial charge in [0.05, 0.1) is 13.2 Å². The van der Waals surface area contributed by atoms with E-state index in [2.05, 4.69) is 15.4 Å². The van der Waals surface area contributed by atoms with Crippen molar-refractivity contribution in [2.75, 3.05) is 7.11 Å². The first-order valence-electron chi connectivity index (χ1n) is 5.47. The lowest BCUT2D eigenvalue weighted by Crippen LogP contribution is -2.57. The fraction of sp³-hybridized carbons (Fsp3) is 0.909. The van der Waals surface area contributed by atoms with E-state index in [0.29, 0.717) is 0 Å². The minimum atomic E-state index is -0.806. The number of amides is 1. The van der Waals surface area contributed by atoms with Gasteiger partial charge < -0.3 is 15.2 Å². The van der Waals surface area contributed by atoms with Crippen LogP contribution in [0.4, 0.5) is 4.79 Å². The van der Waals surface area contributed by atoms with Crippen LogP contribution >= 0.6 is 0 Å². The van der Waals surface area contributed by atoms with Gasteiger partial charge in [0.25, 0.3) is 0 Å². The van der Waals surface area contributed by atoms with Crippen molar-refractivity contribution in [3.8, 4) is 0 Å². The summed E-state index contributed by atoms with van der Waals surface area (Å²) in [5, 5.41) is 15.6. The molecule has 5 nitrogen and oxygen atoms in total. The number of ether oxygens (including phenoxy) is 1. The molecule has 0 aliphatic carbocycles. The molecule has 96 valence electrons. The van der Waals surface area contributed by atoms with E-state index in [1.165, 1.54) is 7.11 Å². The van der Waals surface area contributed by atoms with Crippen molar-refractivity contribution in [1.29, 1.82) is 0 Å². The van der Waals surface area contributed by atoms with Crippen LogP contribution in [-0.2, 0) is 4.74 Å². The van der Waals surface area contributed by atoms with Crippen molar-refractivity contribution in [1.82, 2.24) is 10.6 Å².